The van der Waals surface area contributed by atoms with Crippen molar-refractivity contribution in [2.24, 2.45) is 4.99 Å². The highest BCUT2D eigenvalue weighted by Gasteiger charge is 2.02. The predicted octanol–water partition coefficient (Wildman–Crippen LogP) is 2.14. The average molecular weight is 262 g/mol. The number of hydrogen-bond acceptors (Lipinski definition) is 2. The van der Waals surface area contributed by atoms with Crippen LogP contribution in [0, 0.1) is 6.92 Å². The van der Waals surface area contributed by atoms with Crippen LogP contribution in [-0.4, -0.2) is 33.1 Å². The Morgan fingerprint density at radius 1 is 1.16 bits per heavy atom. The third-order valence-corrected chi connectivity index (χ3v) is 2.94. The van der Waals surface area contributed by atoms with Gasteiger partial charge in [-0.15, -0.1) is 0 Å². The number of guanidine groups is 1. The van der Waals surface area contributed by atoms with Gasteiger partial charge < -0.3 is 15.5 Å². The second-order valence-electron chi connectivity index (χ2n) is 4.73. The summed E-state index contributed by atoms with van der Waals surface area (Å²) in [6.07, 6.45) is 0. The SMILES string of the molecule is CCNC(=NCc1ccc(N(C)C)cc1C)NCC. The molecule has 0 aliphatic carbocycles. The van der Waals surface area contributed by atoms with E-state index in [9.17, 15) is 0 Å². The molecule has 0 aliphatic heterocycles. The molecule has 0 saturated heterocycles. The molecular weight excluding hydrogens is 236 g/mol. The van der Waals surface area contributed by atoms with Crippen molar-refractivity contribution >= 4 is 11.6 Å². The van der Waals surface area contributed by atoms with Gasteiger partial charge in [-0.2, -0.15) is 0 Å². The molecule has 0 atom stereocenters. The molecule has 0 heterocycles. The zero-order valence-electron chi connectivity index (χ0n) is 12.7. The van der Waals surface area contributed by atoms with Gasteiger partial charge in [-0.05, 0) is 44.0 Å². The minimum absolute atomic E-state index is 0.703. The van der Waals surface area contributed by atoms with Gasteiger partial charge >= 0.3 is 0 Å². The van der Waals surface area contributed by atoms with Crippen LogP contribution in [0.15, 0.2) is 23.2 Å². The fourth-order valence-corrected chi connectivity index (χ4v) is 1.81. The van der Waals surface area contributed by atoms with Crippen molar-refractivity contribution in [2.75, 3.05) is 32.1 Å². The minimum Gasteiger partial charge on any atom is -0.378 e. The van der Waals surface area contributed by atoms with E-state index in [4.69, 9.17) is 0 Å². The Morgan fingerprint density at radius 3 is 2.26 bits per heavy atom. The summed E-state index contributed by atoms with van der Waals surface area (Å²) in [5.41, 5.74) is 3.77. The number of hydrogen-bond donors (Lipinski definition) is 2. The fraction of sp³-hybridized carbons (Fsp3) is 0.533. The lowest BCUT2D eigenvalue weighted by Crippen LogP contribution is -2.37. The number of benzene rings is 1. The topological polar surface area (TPSA) is 39.7 Å². The highest BCUT2D eigenvalue weighted by atomic mass is 15.2. The smallest absolute Gasteiger partial charge is 0.191 e. The van der Waals surface area contributed by atoms with Gasteiger partial charge in [0.1, 0.15) is 0 Å². The van der Waals surface area contributed by atoms with Crippen LogP contribution in [0.25, 0.3) is 0 Å². The lowest BCUT2D eigenvalue weighted by molar-refractivity contribution is 0.838. The third kappa shape index (κ3) is 4.81. The molecule has 19 heavy (non-hydrogen) atoms. The van der Waals surface area contributed by atoms with Gasteiger partial charge in [0.25, 0.3) is 0 Å². The number of aryl methyl sites for hydroxylation is 1. The van der Waals surface area contributed by atoms with E-state index in [-0.39, 0.29) is 0 Å². The number of anilines is 1. The van der Waals surface area contributed by atoms with Crippen LogP contribution in [-0.2, 0) is 6.54 Å². The highest BCUT2D eigenvalue weighted by molar-refractivity contribution is 5.79. The maximum atomic E-state index is 4.59. The molecule has 0 spiro atoms. The molecule has 0 aromatic heterocycles. The summed E-state index contributed by atoms with van der Waals surface area (Å²) in [6.45, 7) is 8.75. The summed E-state index contributed by atoms with van der Waals surface area (Å²) < 4.78 is 0. The second-order valence-corrected chi connectivity index (χ2v) is 4.73. The van der Waals surface area contributed by atoms with E-state index in [1.54, 1.807) is 0 Å². The Hall–Kier alpha value is -1.71. The van der Waals surface area contributed by atoms with E-state index in [1.807, 2.05) is 0 Å². The van der Waals surface area contributed by atoms with E-state index in [0.29, 0.717) is 6.54 Å². The first-order valence-corrected chi connectivity index (χ1v) is 6.87. The molecule has 0 radical (unpaired) electrons. The van der Waals surface area contributed by atoms with E-state index >= 15 is 0 Å². The molecule has 0 aliphatic rings. The molecule has 4 nitrogen and oxygen atoms in total. The first-order chi connectivity index (χ1) is 9.08. The third-order valence-electron chi connectivity index (χ3n) is 2.94. The van der Waals surface area contributed by atoms with Crippen LogP contribution in [0.3, 0.4) is 0 Å². The number of nitrogens with one attached hydrogen (secondary N) is 2. The van der Waals surface area contributed by atoms with Crippen LogP contribution in [0.2, 0.25) is 0 Å². The summed E-state index contributed by atoms with van der Waals surface area (Å²) in [5, 5.41) is 6.47. The first-order valence-electron chi connectivity index (χ1n) is 6.87. The van der Waals surface area contributed by atoms with Crippen LogP contribution in [0.1, 0.15) is 25.0 Å². The summed E-state index contributed by atoms with van der Waals surface area (Å²) in [6, 6.07) is 6.49. The molecule has 1 aromatic carbocycles. The summed E-state index contributed by atoms with van der Waals surface area (Å²) in [5.74, 6) is 0.876. The monoisotopic (exact) mass is 262 g/mol. The quantitative estimate of drug-likeness (QED) is 0.631. The number of nitrogens with zero attached hydrogens (tertiary/aromatic N) is 2. The molecule has 0 saturated carbocycles. The summed E-state index contributed by atoms with van der Waals surface area (Å²) in [7, 11) is 4.11. The maximum Gasteiger partial charge on any atom is 0.191 e. The predicted molar refractivity (Wildman–Crippen MR) is 84.0 cm³/mol. The van der Waals surface area contributed by atoms with Gasteiger partial charge in [-0.25, -0.2) is 4.99 Å². The Balaban J connectivity index is 2.78. The van der Waals surface area contributed by atoms with Crippen molar-refractivity contribution in [2.45, 2.75) is 27.3 Å². The van der Waals surface area contributed by atoms with Gasteiger partial charge in [0.2, 0.25) is 0 Å². The van der Waals surface area contributed by atoms with Gasteiger partial charge in [-0.1, -0.05) is 6.07 Å². The van der Waals surface area contributed by atoms with Gasteiger partial charge in [0.05, 0.1) is 6.54 Å². The molecule has 1 aromatic rings. The van der Waals surface area contributed by atoms with Crippen LogP contribution in [0.5, 0.6) is 0 Å². The van der Waals surface area contributed by atoms with E-state index in [0.717, 1.165) is 19.0 Å². The van der Waals surface area contributed by atoms with E-state index < -0.39 is 0 Å². The second kappa shape index (κ2) is 7.67. The highest BCUT2D eigenvalue weighted by Crippen LogP contribution is 2.17. The summed E-state index contributed by atoms with van der Waals surface area (Å²) >= 11 is 0. The van der Waals surface area contributed by atoms with Crippen molar-refractivity contribution in [3.63, 3.8) is 0 Å². The number of aliphatic imine (C=N–C) groups is 1. The molecule has 1 rings (SSSR count). The van der Waals surface area contributed by atoms with Gasteiger partial charge in [0, 0.05) is 32.9 Å². The van der Waals surface area contributed by atoms with Crippen LogP contribution < -0.4 is 15.5 Å². The molecule has 0 unspecified atom stereocenters. The lowest BCUT2D eigenvalue weighted by atomic mass is 10.1. The normalized spacial score (nSPS) is 9.95. The summed E-state index contributed by atoms with van der Waals surface area (Å²) in [4.78, 5) is 6.70. The molecule has 0 bridgehead atoms. The van der Waals surface area contributed by atoms with Crippen molar-refractivity contribution in [3.05, 3.63) is 29.3 Å². The van der Waals surface area contributed by atoms with Gasteiger partial charge in [0.15, 0.2) is 5.96 Å². The molecule has 4 heteroatoms. The Kier molecular flexibility index (Phi) is 6.19. The Morgan fingerprint density at radius 2 is 1.79 bits per heavy atom. The van der Waals surface area contributed by atoms with Crippen molar-refractivity contribution in [3.8, 4) is 0 Å². The number of rotatable bonds is 5. The van der Waals surface area contributed by atoms with E-state index in [1.165, 1.54) is 16.8 Å². The fourth-order valence-electron chi connectivity index (χ4n) is 1.81. The van der Waals surface area contributed by atoms with Crippen molar-refractivity contribution in [1.82, 2.24) is 10.6 Å². The zero-order chi connectivity index (χ0) is 14.3. The average Bonchev–Trinajstić information content (AvgIpc) is 2.37. The Bertz CT molecular complexity index is 416. The van der Waals surface area contributed by atoms with Gasteiger partial charge in [-0.3, -0.25) is 0 Å². The standard InChI is InChI=1S/C15H26N4/c1-6-16-15(17-7-2)18-11-13-8-9-14(19(4)5)10-12(13)3/h8-10H,6-7,11H2,1-5H3,(H2,16,17,18). The Labute approximate surface area is 116 Å². The largest absolute Gasteiger partial charge is 0.378 e. The lowest BCUT2D eigenvalue weighted by Gasteiger charge is -2.15. The first kappa shape index (κ1) is 15.3. The minimum atomic E-state index is 0.703. The molecule has 106 valence electrons. The van der Waals surface area contributed by atoms with Crippen LogP contribution in [0.4, 0.5) is 5.69 Å². The molecule has 0 amide bonds. The zero-order valence-corrected chi connectivity index (χ0v) is 12.7. The molecule has 2 N–H and O–H groups in total. The molecule has 0 fully saturated rings. The van der Waals surface area contributed by atoms with E-state index in [2.05, 4.69) is 73.6 Å². The maximum absolute atomic E-state index is 4.59. The molecular formula is C15H26N4. The van der Waals surface area contributed by atoms with Crippen molar-refractivity contribution in [1.29, 1.82) is 0 Å². The van der Waals surface area contributed by atoms with Crippen LogP contribution >= 0.6 is 0 Å². The van der Waals surface area contributed by atoms with Crippen molar-refractivity contribution < 1.29 is 0 Å².